The average molecular weight is 438 g/mol. The van der Waals surface area contributed by atoms with Crippen molar-refractivity contribution in [1.82, 2.24) is 9.97 Å². The number of carboxylic acids is 1. The van der Waals surface area contributed by atoms with Gasteiger partial charge < -0.3 is 15.2 Å². The van der Waals surface area contributed by atoms with Crippen molar-refractivity contribution < 1.29 is 14.6 Å². The van der Waals surface area contributed by atoms with E-state index >= 15 is 0 Å². The maximum absolute atomic E-state index is 11.4. The highest BCUT2D eigenvalue weighted by Gasteiger charge is 2.18. The lowest BCUT2D eigenvalue weighted by molar-refractivity contribution is 0.0698. The number of anilines is 1. The maximum Gasteiger partial charge on any atom is 0.349 e. The van der Waals surface area contributed by atoms with Gasteiger partial charge in [0.1, 0.15) is 17.9 Å². The Morgan fingerprint density at radius 1 is 1.25 bits per heavy atom. The summed E-state index contributed by atoms with van der Waals surface area (Å²) in [4.78, 5) is 20.7. The molecule has 0 amide bonds. The highest BCUT2D eigenvalue weighted by Crippen LogP contribution is 2.36. The van der Waals surface area contributed by atoms with E-state index < -0.39 is 5.97 Å². The molecule has 28 heavy (non-hydrogen) atoms. The molecule has 0 unspecified atom stereocenters. The molecule has 0 fully saturated rings. The second-order valence-corrected chi connectivity index (χ2v) is 7.64. The number of aromatic nitrogens is 2. The van der Waals surface area contributed by atoms with Crippen molar-refractivity contribution in [3.8, 4) is 16.3 Å². The molecule has 0 bridgehead atoms. The van der Waals surface area contributed by atoms with E-state index in [4.69, 9.17) is 27.9 Å². The van der Waals surface area contributed by atoms with Crippen LogP contribution < -0.4 is 10.1 Å². The summed E-state index contributed by atoms with van der Waals surface area (Å²) in [5.74, 6) is -0.0363. The minimum Gasteiger partial charge on any atom is -0.492 e. The zero-order valence-electron chi connectivity index (χ0n) is 14.9. The molecular weight excluding hydrogens is 421 g/mol. The summed E-state index contributed by atoms with van der Waals surface area (Å²) in [6.45, 7) is 2.82. The van der Waals surface area contributed by atoms with Gasteiger partial charge in [-0.05, 0) is 31.0 Å². The third-order valence-corrected chi connectivity index (χ3v) is 5.54. The standard InChI is InChI=1S/C19H17Cl2N3O3S/c1-2-27-15-9-16(28-18(15)19(25)26)14-8-17(24-10-23-14)22-6-5-11-3-4-12(20)7-13(11)21/h3-4,7-10H,2,5-6H2,1H3,(H,25,26)(H,22,23,24). The van der Waals surface area contributed by atoms with Crippen LogP contribution in [0.4, 0.5) is 5.82 Å². The average Bonchev–Trinajstić information content (AvgIpc) is 3.08. The number of halogens is 2. The molecule has 2 heterocycles. The van der Waals surface area contributed by atoms with E-state index in [2.05, 4.69) is 15.3 Å². The first-order chi connectivity index (χ1) is 13.5. The Balaban J connectivity index is 1.72. The van der Waals surface area contributed by atoms with E-state index in [0.29, 0.717) is 51.8 Å². The van der Waals surface area contributed by atoms with Gasteiger partial charge in [-0.1, -0.05) is 29.3 Å². The van der Waals surface area contributed by atoms with Gasteiger partial charge >= 0.3 is 5.97 Å². The largest absolute Gasteiger partial charge is 0.492 e. The molecule has 3 aromatic rings. The highest BCUT2D eigenvalue weighted by atomic mass is 35.5. The fourth-order valence-corrected chi connectivity index (χ4v) is 3.96. The van der Waals surface area contributed by atoms with E-state index in [1.165, 1.54) is 6.33 Å². The van der Waals surface area contributed by atoms with E-state index in [1.54, 1.807) is 24.3 Å². The predicted octanol–water partition coefficient (Wildman–Crippen LogP) is 5.26. The second kappa shape index (κ2) is 9.23. The summed E-state index contributed by atoms with van der Waals surface area (Å²) in [6, 6.07) is 8.88. The number of benzene rings is 1. The smallest absolute Gasteiger partial charge is 0.349 e. The number of nitrogens with zero attached hydrogens (tertiary/aromatic N) is 2. The first-order valence-electron chi connectivity index (χ1n) is 8.48. The third-order valence-electron chi connectivity index (χ3n) is 3.83. The first-order valence-corrected chi connectivity index (χ1v) is 10.0. The zero-order valence-corrected chi connectivity index (χ0v) is 17.2. The van der Waals surface area contributed by atoms with Crippen molar-refractivity contribution in [1.29, 1.82) is 0 Å². The minimum absolute atomic E-state index is 0.155. The first kappa shape index (κ1) is 20.4. The Morgan fingerprint density at radius 2 is 2.07 bits per heavy atom. The molecule has 3 rings (SSSR count). The van der Waals surface area contributed by atoms with Crippen LogP contribution in [0, 0.1) is 0 Å². The number of thiophene rings is 1. The van der Waals surface area contributed by atoms with Crippen LogP contribution in [-0.4, -0.2) is 34.2 Å². The summed E-state index contributed by atoms with van der Waals surface area (Å²) in [6.07, 6.45) is 2.14. The normalized spacial score (nSPS) is 10.7. The number of rotatable bonds is 8. The molecule has 0 aliphatic carbocycles. The van der Waals surface area contributed by atoms with Crippen LogP contribution in [0.25, 0.3) is 10.6 Å². The number of carboxylic acid groups (broad SMARTS) is 1. The van der Waals surface area contributed by atoms with Gasteiger partial charge in [-0.15, -0.1) is 11.3 Å². The SMILES string of the molecule is CCOc1cc(-c2cc(NCCc3ccc(Cl)cc3Cl)ncn2)sc1C(=O)O. The van der Waals surface area contributed by atoms with Gasteiger partial charge in [0.15, 0.2) is 4.88 Å². The van der Waals surface area contributed by atoms with Crippen LogP contribution in [-0.2, 0) is 6.42 Å². The van der Waals surface area contributed by atoms with E-state index in [-0.39, 0.29) is 4.88 Å². The lowest BCUT2D eigenvalue weighted by Crippen LogP contribution is -2.07. The van der Waals surface area contributed by atoms with Crippen LogP contribution in [0.2, 0.25) is 10.0 Å². The Kier molecular flexibility index (Phi) is 6.72. The summed E-state index contributed by atoms with van der Waals surface area (Å²) < 4.78 is 5.41. The Morgan fingerprint density at radius 3 is 2.79 bits per heavy atom. The summed E-state index contributed by atoms with van der Waals surface area (Å²) in [7, 11) is 0. The molecule has 2 N–H and O–H groups in total. The molecule has 0 spiro atoms. The molecule has 0 radical (unpaired) electrons. The molecule has 2 aromatic heterocycles. The molecule has 0 aliphatic rings. The number of carbonyl (C=O) groups is 1. The molecule has 0 aliphatic heterocycles. The predicted molar refractivity (Wildman–Crippen MR) is 112 cm³/mol. The summed E-state index contributed by atoms with van der Waals surface area (Å²) in [5, 5.41) is 13.8. The van der Waals surface area contributed by atoms with Crippen LogP contribution in [0.3, 0.4) is 0 Å². The van der Waals surface area contributed by atoms with Gasteiger partial charge in [0, 0.05) is 28.7 Å². The van der Waals surface area contributed by atoms with Gasteiger partial charge in [-0.2, -0.15) is 0 Å². The fourth-order valence-electron chi connectivity index (χ4n) is 2.55. The Hall–Kier alpha value is -2.35. The zero-order chi connectivity index (χ0) is 20.1. The van der Waals surface area contributed by atoms with Crippen molar-refractivity contribution in [2.45, 2.75) is 13.3 Å². The van der Waals surface area contributed by atoms with Crippen molar-refractivity contribution in [3.05, 3.63) is 57.1 Å². The second-order valence-electron chi connectivity index (χ2n) is 5.74. The van der Waals surface area contributed by atoms with Crippen molar-refractivity contribution in [2.24, 2.45) is 0 Å². The summed E-state index contributed by atoms with van der Waals surface area (Å²) in [5.41, 5.74) is 1.61. The molecule has 6 nitrogen and oxygen atoms in total. The third kappa shape index (κ3) is 4.92. The Bertz CT molecular complexity index is 994. The highest BCUT2D eigenvalue weighted by molar-refractivity contribution is 7.17. The monoisotopic (exact) mass is 437 g/mol. The van der Waals surface area contributed by atoms with Gasteiger partial charge in [-0.3, -0.25) is 0 Å². The van der Waals surface area contributed by atoms with Crippen LogP contribution in [0.15, 0.2) is 36.7 Å². The quantitative estimate of drug-likeness (QED) is 0.499. The van der Waals surface area contributed by atoms with Crippen molar-refractivity contribution >= 4 is 46.3 Å². The lowest BCUT2D eigenvalue weighted by Gasteiger charge is -2.08. The maximum atomic E-state index is 11.4. The van der Waals surface area contributed by atoms with Gasteiger partial charge in [0.2, 0.25) is 0 Å². The number of nitrogens with one attached hydrogen (secondary N) is 1. The fraction of sp³-hybridized carbons (Fsp3) is 0.211. The molecule has 0 atom stereocenters. The van der Waals surface area contributed by atoms with Gasteiger partial charge in [-0.25, -0.2) is 14.8 Å². The van der Waals surface area contributed by atoms with Crippen molar-refractivity contribution in [2.75, 3.05) is 18.5 Å². The number of hydrogen-bond donors (Lipinski definition) is 2. The van der Waals surface area contributed by atoms with E-state index in [9.17, 15) is 9.90 Å². The van der Waals surface area contributed by atoms with Crippen LogP contribution >= 0.6 is 34.5 Å². The molecule has 9 heteroatoms. The van der Waals surface area contributed by atoms with E-state index in [0.717, 1.165) is 16.9 Å². The molecule has 0 saturated carbocycles. The number of hydrogen-bond acceptors (Lipinski definition) is 6. The van der Waals surface area contributed by atoms with Crippen LogP contribution in [0.5, 0.6) is 5.75 Å². The Labute approximate surface area is 176 Å². The molecular formula is C19H17Cl2N3O3S. The molecule has 0 saturated heterocycles. The molecule has 1 aromatic carbocycles. The minimum atomic E-state index is -1.02. The topological polar surface area (TPSA) is 84.3 Å². The lowest BCUT2D eigenvalue weighted by atomic mass is 10.1. The molecule has 146 valence electrons. The van der Waals surface area contributed by atoms with Gasteiger partial charge in [0.25, 0.3) is 0 Å². The number of ether oxygens (including phenoxy) is 1. The van der Waals surface area contributed by atoms with Crippen LogP contribution in [0.1, 0.15) is 22.2 Å². The van der Waals surface area contributed by atoms with Gasteiger partial charge in [0.05, 0.1) is 17.2 Å². The van der Waals surface area contributed by atoms with E-state index in [1.807, 2.05) is 13.0 Å². The van der Waals surface area contributed by atoms with Crippen molar-refractivity contribution in [3.63, 3.8) is 0 Å². The number of aromatic carboxylic acids is 1. The summed E-state index contributed by atoms with van der Waals surface area (Å²) >= 11 is 13.2.